The Morgan fingerprint density at radius 1 is 1.21 bits per heavy atom. The molecular weight excluding hydrogens is 242 g/mol. The molecule has 1 amide bonds. The van der Waals surface area contributed by atoms with E-state index in [1.165, 1.54) is 6.20 Å². The van der Waals surface area contributed by atoms with Crippen molar-refractivity contribution in [3.8, 4) is 0 Å². The van der Waals surface area contributed by atoms with Crippen molar-refractivity contribution in [3.63, 3.8) is 0 Å². The molecule has 0 spiro atoms. The van der Waals surface area contributed by atoms with Gasteiger partial charge in [0.15, 0.2) is 0 Å². The lowest BCUT2D eigenvalue weighted by Crippen LogP contribution is -2.07. The first-order valence-corrected chi connectivity index (χ1v) is 5.92. The summed E-state index contributed by atoms with van der Waals surface area (Å²) in [6, 6.07) is 9.51. The third kappa shape index (κ3) is 3.99. The Bertz CT molecular complexity index is 584. The van der Waals surface area contributed by atoms with Crippen molar-refractivity contribution in [2.24, 2.45) is 0 Å². The number of carboxylic acid groups (broad SMARTS) is 1. The molecule has 0 aliphatic carbocycles. The molecule has 0 bridgehead atoms. The van der Waals surface area contributed by atoms with Gasteiger partial charge in [-0.1, -0.05) is 12.1 Å². The third-order valence-corrected chi connectivity index (χ3v) is 2.70. The van der Waals surface area contributed by atoms with Crippen LogP contribution in [0.15, 0.2) is 42.7 Å². The Balaban J connectivity index is 2.01. The molecule has 0 aliphatic heterocycles. The molecule has 5 heteroatoms. The highest BCUT2D eigenvalue weighted by Gasteiger charge is 2.01. The lowest BCUT2D eigenvalue weighted by Gasteiger charge is -2.05. The largest absolute Gasteiger partial charge is 0.465 e. The van der Waals surface area contributed by atoms with Crippen molar-refractivity contribution in [2.45, 2.75) is 12.8 Å². The number of nitrogen functional groups attached to an aromatic ring is 1. The Hall–Kier alpha value is -2.56. The number of benzene rings is 1. The highest BCUT2D eigenvalue weighted by atomic mass is 16.4. The van der Waals surface area contributed by atoms with E-state index in [9.17, 15) is 4.79 Å². The van der Waals surface area contributed by atoms with E-state index in [1.54, 1.807) is 12.3 Å². The van der Waals surface area contributed by atoms with E-state index in [0.717, 1.165) is 29.7 Å². The molecule has 98 valence electrons. The summed E-state index contributed by atoms with van der Waals surface area (Å²) in [5.41, 5.74) is 9.08. The zero-order chi connectivity index (χ0) is 13.7. The first-order valence-electron chi connectivity index (χ1n) is 5.92. The van der Waals surface area contributed by atoms with Crippen LogP contribution < -0.4 is 11.1 Å². The van der Waals surface area contributed by atoms with Gasteiger partial charge in [0.2, 0.25) is 0 Å². The van der Waals surface area contributed by atoms with Gasteiger partial charge in [-0.3, -0.25) is 10.3 Å². The van der Waals surface area contributed by atoms with E-state index in [1.807, 2.05) is 24.3 Å². The van der Waals surface area contributed by atoms with E-state index in [0.29, 0.717) is 5.69 Å². The number of anilines is 2. The molecule has 2 rings (SSSR count). The second-order valence-corrected chi connectivity index (χ2v) is 4.26. The Morgan fingerprint density at radius 3 is 2.74 bits per heavy atom. The molecule has 0 saturated carbocycles. The average molecular weight is 257 g/mol. The van der Waals surface area contributed by atoms with E-state index in [4.69, 9.17) is 10.8 Å². The molecule has 0 aliphatic rings. The highest BCUT2D eigenvalue weighted by Crippen LogP contribution is 2.13. The standard InChI is InChI=1S/C14H15N3O2/c15-12-3-1-2-10(6-12)4-5-11-7-13(9-16-8-11)17-14(18)19/h1-3,6-9,17H,4-5,15H2,(H,18,19). The monoisotopic (exact) mass is 257 g/mol. The number of pyridine rings is 1. The van der Waals surface area contributed by atoms with Crippen LogP contribution in [0.4, 0.5) is 16.2 Å². The second kappa shape index (κ2) is 5.86. The molecule has 4 N–H and O–H groups in total. The zero-order valence-electron chi connectivity index (χ0n) is 10.3. The Kier molecular flexibility index (Phi) is 3.97. The molecule has 19 heavy (non-hydrogen) atoms. The molecule has 0 fully saturated rings. The minimum Gasteiger partial charge on any atom is -0.465 e. The van der Waals surface area contributed by atoms with Crippen LogP contribution in [0.1, 0.15) is 11.1 Å². The van der Waals surface area contributed by atoms with Crippen LogP contribution in [0.3, 0.4) is 0 Å². The normalized spacial score (nSPS) is 10.1. The SMILES string of the molecule is Nc1cccc(CCc2cncc(NC(=O)O)c2)c1. The molecule has 2 aromatic rings. The van der Waals surface area contributed by atoms with Crippen molar-refractivity contribution in [2.75, 3.05) is 11.1 Å². The number of nitrogens with two attached hydrogens (primary N) is 1. The summed E-state index contributed by atoms with van der Waals surface area (Å²) in [6.07, 6.45) is 3.75. The predicted octanol–water partition coefficient (Wildman–Crippen LogP) is 2.54. The van der Waals surface area contributed by atoms with Gasteiger partial charge in [0.1, 0.15) is 0 Å². The third-order valence-electron chi connectivity index (χ3n) is 2.70. The number of hydrogen-bond donors (Lipinski definition) is 3. The highest BCUT2D eigenvalue weighted by molar-refractivity contribution is 5.82. The summed E-state index contributed by atoms with van der Waals surface area (Å²) in [6.45, 7) is 0. The van der Waals surface area contributed by atoms with Crippen LogP contribution in [-0.2, 0) is 12.8 Å². The van der Waals surface area contributed by atoms with Gasteiger partial charge < -0.3 is 10.8 Å². The van der Waals surface area contributed by atoms with Crippen molar-refractivity contribution in [3.05, 3.63) is 53.9 Å². The second-order valence-electron chi connectivity index (χ2n) is 4.26. The van der Waals surface area contributed by atoms with Gasteiger partial charge in [0.05, 0.1) is 11.9 Å². The maximum atomic E-state index is 10.5. The number of nitrogens with zero attached hydrogens (tertiary/aromatic N) is 1. The smallest absolute Gasteiger partial charge is 0.409 e. The molecule has 0 atom stereocenters. The molecule has 1 aromatic carbocycles. The maximum Gasteiger partial charge on any atom is 0.409 e. The van der Waals surface area contributed by atoms with Gasteiger partial charge in [-0.15, -0.1) is 0 Å². The van der Waals surface area contributed by atoms with Gasteiger partial charge in [-0.05, 0) is 42.2 Å². The van der Waals surface area contributed by atoms with Crippen molar-refractivity contribution >= 4 is 17.5 Å². The summed E-state index contributed by atoms with van der Waals surface area (Å²) >= 11 is 0. The summed E-state index contributed by atoms with van der Waals surface area (Å²) in [5.74, 6) is 0. The summed E-state index contributed by atoms with van der Waals surface area (Å²) in [4.78, 5) is 14.6. The lowest BCUT2D eigenvalue weighted by atomic mass is 10.1. The molecule has 1 aromatic heterocycles. The molecule has 5 nitrogen and oxygen atoms in total. The van der Waals surface area contributed by atoms with Gasteiger partial charge in [0.25, 0.3) is 0 Å². The Labute approximate surface area is 111 Å². The quantitative estimate of drug-likeness (QED) is 0.734. The van der Waals surface area contributed by atoms with Gasteiger partial charge in [0, 0.05) is 11.9 Å². The van der Waals surface area contributed by atoms with Gasteiger partial charge in [-0.2, -0.15) is 0 Å². The van der Waals surface area contributed by atoms with Crippen molar-refractivity contribution in [1.82, 2.24) is 4.98 Å². The van der Waals surface area contributed by atoms with E-state index in [-0.39, 0.29) is 0 Å². The number of amides is 1. The minimum atomic E-state index is -1.09. The van der Waals surface area contributed by atoms with Crippen LogP contribution in [0.2, 0.25) is 0 Å². The molecule has 0 saturated heterocycles. The molecule has 1 heterocycles. The van der Waals surface area contributed by atoms with Gasteiger partial charge in [-0.25, -0.2) is 4.79 Å². The molecule has 0 unspecified atom stereocenters. The number of rotatable bonds is 4. The van der Waals surface area contributed by atoms with E-state index < -0.39 is 6.09 Å². The van der Waals surface area contributed by atoms with Crippen molar-refractivity contribution in [1.29, 1.82) is 0 Å². The predicted molar refractivity (Wildman–Crippen MR) is 74.1 cm³/mol. The average Bonchev–Trinajstić information content (AvgIpc) is 2.36. The first-order chi connectivity index (χ1) is 9.13. The van der Waals surface area contributed by atoms with Crippen LogP contribution in [-0.4, -0.2) is 16.2 Å². The maximum absolute atomic E-state index is 10.5. The number of hydrogen-bond acceptors (Lipinski definition) is 3. The number of aryl methyl sites for hydroxylation is 2. The fourth-order valence-corrected chi connectivity index (χ4v) is 1.85. The van der Waals surface area contributed by atoms with Gasteiger partial charge >= 0.3 is 6.09 Å². The molecule has 0 radical (unpaired) electrons. The topological polar surface area (TPSA) is 88.2 Å². The van der Waals surface area contributed by atoms with E-state index >= 15 is 0 Å². The number of nitrogens with one attached hydrogen (secondary N) is 1. The lowest BCUT2D eigenvalue weighted by molar-refractivity contribution is 0.209. The van der Waals surface area contributed by atoms with Crippen molar-refractivity contribution < 1.29 is 9.90 Å². The summed E-state index contributed by atoms with van der Waals surface area (Å²) in [5, 5.41) is 10.9. The Morgan fingerprint density at radius 2 is 2.00 bits per heavy atom. The zero-order valence-corrected chi connectivity index (χ0v) is 10.3. The van der Waals surface area contributed by atoms with Crippen LogP contribution in [0.25, 0.3) is 0 Å². The minimum absolute atomic E-state index is 0.484. The summed E-state index contributed by atoms with van der Waals surface area (Å²) in [7, 11) is 0. The fraction of sp³-hybridized carbons (Fsp3) is 0.143. The summed E-state index contributed by atoms with van der Waals surface area (Å²) < 4.78 is 0. The van der Waals surface area contributed by atoms with Crippen LogP contribution >= 0.6 is 0 Å². The molecular formula is C14H15N3O2. The van der Waals surface area contributed by atoms with Crippen LogP contribution in [0.5, 0.6) is 0 Å². The van der Waals surface area contributed by atoms with Crippen LogP contribution in [0, 0.1) is 0 Å². The number of carbonyl (C=O) groups is 1. The number of aromatic nitrogens is 1. The van der Waals surface area contributed by atoms with E-state index in [2.05, 4.69) is 10.3 Å². The fourth-order valence-electron chi connectivity index (χ4n) is 1.85. The first kappa shape index (κ1) is 12.9.